The monoisotopic (exact) mass is 392 g/mol. The Morgan fingerprint density at radius 1 is 1.00 bits per heavy atom. The van der Waals surface area contributed by atoms with Gasteiger partial charge in [-0.05, 0) is 57.4 Å². The second-order valence-corrected chi connectivity index (χ2v) is 7.84. The molecule has 150 valence electrons. The van der Waals surface area contributed by atoms with E-state index in [1.165, 1.54) is 31.9 Å². The van der Waals surface area contributed by atoms with Gasteiger partial charge in [-0.2, -0.15) is 28.1 Å². The maximum absolute atomic E-state index is 13.0. The Morgan fingerprint density at radius 2 is 1.61 bits per heavy atom. The number of hydrogen-bond acceptors (Lipinski definition) is 6. The summed E-state index contributed by atoms with van der Waals surface area (Å²) in [6, 6.07) is 1.47. The van der Waals surface area contributed by atoms with E-state index in [-0.39, 0.29) is 29.4 Å². The van der Waals surface area contributed by atoms with Crippen LogP contribution in [0.15, 0.2) is 18.5 Å². The summed E-state index contributed by atoms with van der Waals surface area (Å²) in [7, 11) is 0. The summed E-state index contributed by atoms with van der Waals surface area (Å²) >= 11 is 0. The minimum absolute atomic E-state index is 0.00611. The zero-order chi connectivity index (χ0) is 20.1. The van der Waals surface area contributed by atoms with Gasteiger partial charge in [-0.3, -0.25) is 4.98 Å². The Bertz CT molecular complexity index is 845. The summed E-state index contributed by atoms with van der Waals surface area (Å²) < 4.78 is 39.1. The third-order valence-electron chi connectivity index (χ3n) is 5.68. The van der Waals surface area contributed by atoms with Gasteiger partial charge < -0.3 is 10.6 Å². The van der Waals surface area contributed by atoms with Crippen LogP contribution in [0.1, 0.15) is 45.1 Å². The molecule has 28 heavy (non-hydrogen) atoms. The third kappa shape index (κ3) is 3.88. The first kappa shape index (κ1) is 18.9. The number of rotatable bonds is 6. The van der Waals surface area contributed by atoms with Gasteiger partial charge in [0.1, 0.15) is 0 Å². The average Bonchev–Trinajstić information content (AvgIpc) is 3.54. The van der Waals surface area contributed by atoms with E-state index < -0.39 is 11.7 Å². The first-order valence-corrected chi connectivity index (χ1v) is 9.56. The molecule has 0 aliphatic heterocycles. The largest absolute Gasteiger partial charge is 0.417 e. The van der Waals surface area contributed by atoms with Gasteiger partial charge in [0.05, 0.1) is 5.56 Å². The molecule has 0 bridgehead atoms. The highest BCUT2D eigenvalue weighted by molar-refractivity contribution is 5.58. The zero-order valence-electron chi connectivity index (χ0n) is 15.8. The second kappa shape index (κ2) is 6.86. The van der Waals surface area contributed by atoms with E-state index in [0.29, 0.717) is 17.8 Å². The molecule has 2 aromatic heterocycles. The van der Waals surface area contributed by atoms with Crippen molar-refractivity contribution < 1.29 is 13.2 Å². The predicted octanol–water partition coefficient (Wildman–Crippen LogP) is 3.94. The van der Waals surface area contributed by atoms with Crippen molar-refractivity contribution in [2.75, 3.05) is 10.6 Å². The van der Waals surface area contributed by atoms with E-state index in [2.05, 4.69) is 38.7 Å². The summed E-state index contributed by atoms with van der Waals surface area (Å²) in [5, 5.41) is 0. The number of alkyl halides is 3. The number of nitrogens with two attached hydrogens (primary N) is 1. The smallest absolute Gasteiger partial charge is 0.368 e. The molecule has 2 heterocycles. The van der Waals surface area contributed by atoms with E-state index in [0.717, 1.165) is 12.3 Å². The molecule has 6 nitrogen and oxygen atoms in total. The fourth-order valence-electron chi connectivity index (χ4n) is 3.69. The van der Waals surface area contributed by atoms with Crippen LogP contribution in [-0.4, -0.2) is 32.0 Å². The minimum atomic E-state index is -4.49. The first-order chi connectivity index (χ1) is 13.2. The lowest BCUT2D eigenvalue weighted by atomic mass is 10.1. The van der Waals surface area contributed by atoms with Crippen molar-refractivity contribution in [1.29, 1.82) is 0 Å². The molecule has 0 saturated heterocycles. The van der Waals surface area contributed by atoms with Crippen molar-refractivity contribution >= 4 is 11.9 Å². The SMILES string of the molecule is C[C@H](C1CC1)N(c1nc(N)nc(-c2cncc(C(F)(F)F)c2)n1)[C@H](C)C1CC1. The molecule has 9 heteroatoms. The van der Waals surface area contributed by atoms with Gasteiger partial charge in [-0.25, -0.2) is 0 Å². The molecular weight excluding hydrogens is 369 g/mol. The Morgan fingerprint density at radius 3 is 2.14 bits per heavy atom. The molecule has 2 aliphatic rings. The van der Waals surface area contributed by atoms with Crippen LogP contribution in [0.5, 0.6) is 0 Å². The lowest BCUT2D eigenvalue weighted by Gasteiger charge is -2.35. The highest BCUT2D eigenvalue weighted by atomic mass is 19.4. The van der Waals surface area contributed by atoms with Crippen molar-refractivity contribution in [3.8, 4) is 11.4 Å². The van der Waals surface area contributed by atoms with Crippen molar-refractivity contribution in [2.24, 2.45) is 11.8 Å². The summed E-state index contributed by atoms with van der Waals surface area (Å²) in [4.78, 5) is 18.8. The second-order valence-electron chi connectivity index (χ2n) is 7.84. The van der Waals surface area contributed by atoms with E-state index in [1.807, 2.05) is 0 Å². The van der Waals surface area contributed by atoms with Crippen molar-refractivity contribution in [1.82, 2.24) is 19.9 Å². The van der Waals surface area contributed by atoms with Gasteiger partial charge in [-0.1, -0.05) is 0 Å². The van der Waals surface area contributed by atoms with E-state index >= 15 is 0 Å². The van der Waals surface area contributed by atoms with Crippen LogP contribution in [-0.2, 0) is 6.18 Å². The topological polar surface area (TPSA) is 80.8 Å². The summed E-state index contributed by atoms with van der Waals surface area (Å²) in [6.07, 6.45) is 2.27. The molecule has 2 N–H and O–H groups in total. The van der Waals surface area contributed by atoms with E-state index in [9.17, 15) is 13.2 Å². The van der Waals surface area contributed by atoms with Crippen molar-refractivity contribution in [2.45, 2.75) is 57.8 Å². The van der Waals surface area contributed by atoms with E-state index in [4.69, 9.17) is 5.73 Å². The number of halogens is 3. The standard InChI is InChI=1S/C19H23F3N6/c1-10(12-3-4-12)28(11(2)13-5-6-13)18-26-16(25-17(23)27-18)14-7-15(9-24-8-14)19(20,21)22/h7-13H,3-6H2,1-2H3,(H2,23,25,26,27)/t10-,11-/m1/s1. The number of aromatic nitrogens is 4. The molecule has 2 atom stereocenters. The molecule has 2 aliphatic carbocycles. The Labute approximate surface area is 161 Å². The molecule has 2 saturated carbocycles. The number of anilines is 2. The third-order valence-corrected chi connectivity index (χ3v) is 5.68. The first-order valence-electron chi connectivity index (χ1n) is 9.56. The lowest BCUT2D eigenvalue weighted by Crippen LogP contribution is -2.44. The van der Waals surface area contributed by atoms with Crippen LogP contribution in [0.3, 0.4) is 0 Å². The van der Waals surface area contributed by atoms with Gasteiger partial charge in [-0.15, -0.1) is 0 Å². The fourth-order valence-corrected chi connectivity index (χ4v) is 3.69. The van der Waals surface area contributed by atoms with Gasteiger partial charge in [0.25, 0.3) is 0 Å². The molecule has 0 amide bonds. The minimum Gasteiger partial charge on any atom is -0.368 e. The number of hydrogen-bond donors (Lipinski definition) is 1. The highest BCUT2D eigenvalue weighted by Gasteiger charge is 2.40. The van der Waals surface area contributed by atoms with Crippen LogP contribution in [0, 0.1) is 11.8 Å². The predicted molar refractivity (Wildman–Crippen MR) is 99.3 cm³/mol. The number of nitrogen functional groups attached to an aromatic ring is 1. The average molecular weight is 392 g/mol. The van der Waals surface area contributed by atoms with Crippen molar-refractivity contribution in [3.63, 3.8) is 0 Å². The van der Waals surface area contributed by atoms with Crippen LogP contribution >= 0.6 is 0 Å². The lowest BCUT2D eigenvalue weighted by molar-refractivity contribution is -0.137. The maximum atomic E-state index is 13.0. The highest BCUT2D eigenvalue weighted by Crippen LogP contribution is 2.42. The van der Waals surface area contributed by atoms with Gasteiger partial charge in [0.2, 0.25) is 11.9 Å². The molecule has 0 aromatic carbocycles. The maximum Gasteiger partial charge on any atom is 0.417 e. The van der Waals surface area contributed by atoms with Gasteiger partial charge in [0.15, 0.2) is 5.82 Å². The van der Waals surface area contributed by atoms with Gasteiger partial charge in [0, 0.05) is 30.0 Å². The number of nitrogens with zero attached hydrogens (tertiary/aromatic N) is 5. The summed E-state index contributed by atoms with van der Waals surface area (Å²) in [5.41, 5.74) is 5.23. The van der Waals surface area contributed by atoms with E-state index in [1.54, 1.807) is 0 Å². The molecule has 0 unspecified atom stereocenters. The Hall–Kier alpha value is -2.45. The Kier molecular flexibility index (Phi) is 4.63. The Balaban J connectivity index is 1.73. The quantitative estimate of drug-likeness (QED) is 0.802. The molecule has 2 fully saturated rings. The molecule has 0 radical (unpaired) electrons. The van der Waals surface area contributed by atoms with Gasteiger partial charge >= 0.3 is 6.18 Å². The van der Waals surface area contributed by atoms with Crippen LogP contribution in [0.2, 0.25) is 0 Å². The van der Waals surface area contributed by atoms with Crippen LogP contribution < -0.4 is 10.6 Å². The summed E-state index contributed by atoms with van der Waals surface area (Å²) in [5.74, 6) is 1.69. The zero-order valence-corrected chi connectivity index (χ0v) is 15.8. The molecule has 2 aromatic rings. The summed E-state index contributed by atoms with van der Waals surface area (Å²) in [6.45, 7) is 4.31. The van der Waals surface area contributed by atoms with Crippen LogP contribution in [0.4, 0.5) is 25.1 Å². The number of pyridine rings is 1. The normalized spacial score (nSPS) is 19.3. The molecular formula is C19H23F3N6. The fraction of sp³-hybridized carbons (Fsp3) is 0.579. The van der Waals surface area contributed by atoms with Crippen molar-refractivity contribution in [3.05, 3.63) is 24.0 Å². The molecule has 0 spiro atoms. The van der Waals surface area contributed by atoms with Crippen LogP contribution in [0.25, 0.3) is 11.4 Å². The molecule has 4 rings (SSSR count).